The van der Waals surface area contributed by atoms with Gasteiger partial charge in [-0.2, -0.15) is 0 Å². The molecular weight excluding hydrogens is 356 g/mol. The first-order valence-electron chi connectivity index (χ1n) is 6.44. The molecule has 1 aromatic carbocycles. The zero-order valence-corrected chi connectivity index (χ0v) is 13.5. The molecule has 0 bridgehead atoms. The van der Waals surface area contributed by atoms with Crippen LogP contribution in [0.25, 0.3) is 0 Å². The minimum Gasteiger partial charge on any atom is -0.370 e. The van der Waals surface area contributed by atoms with E-state index in [-0.39, 0.29) is 29.8 Å². The molecule has 1 aliphatic carbocycles. The van der Waals surface area contributed by atoms with E-state index in [9.17, 15) is 4.39 Å². The zero-order valence-electron chi connectivity index (χ0n) is 11.2. The molecule has 1 saturated carbocycles. The predicted molar refractivity (Wildman–Crippen MR) is 87.2 cm³/mol. The molecule has 0 amide bonds. The van der Waals surface area contributed by atoms with Crippen LogP contribution in [0.1, 0.15) is 30.4 Å². The minimum atomic E-state index is -0.191. The van der Waals surface area contributed by atoms with Gasteiger partial charge in [0.1, 0.15) is 5.82 Å². The summed E-state index contributed by atoms with van der Waals surface area (Å²) in [5, 5.41) is 3.11. The van der Waals surface area contributed by atoms with Gasteiger partial charge in [-0.25, -0.2) is 9.38 Å². The molecule has 1 aromatic rings. The third-order valence-electron chi connectivity index (χ3n) is 3.46. The lowest BCUT2D eigenvalue weighted by Crippen LogP contribution is -2.37. The maximum absolute atomic E-state index is 13.3. The topological polar surface area (TPSA) is 50.4 Å². The summed E-state index contributed by atoms with van der Waals surface area (Å²) in [6.07, 6.45) is 3.89. The number of benzene rings is 1. The fourth-order valence-electron chi connectivity index (χ4n) is 1.91. The van der Waals surface area contributed by atoms with Crippen LogP contribution in [0.2, 0.25) is 0 Å². The van der Waals surface area contributed by atoms with Crippen molar-refractivity contribution in [3.8, 4) is 0 Å². The first kappa shape index (κ1) is 16.2. The van der Waals surface area contributed by atoms with Gasteiger partial charge in [0.25, 0.3) is 0 Å². The Balaban J connectivity index is 0.00000180. The number of rotatable bonds is 4. The monoisotopic (exact) mass is 377 g/mol. The summed E-state index contributed by atoms with van der Waals surface area (Å²) in [6.45, 7) is 3.06. The second kappa shape index (κ2) is 7.67. The largest absolute Gasteiger partial charge is 0.370 e. The quantitative estimate of drug-likeness (QED) is 0.482. The van der Waals surface area contributed by atoms with Gasteiger partial charge in [-0.1, -0.05) is 18.6 Å². The van der Waals surface area contributed by atoms with Gasteiger partial charge in [-0.3, -0.25) is 0 Å². The molecule has 0 spiro atoms. The molecule has 3 nitrogen and oxygen atoms in total. The fourth-order valence-corrected chi connectivity index (χ4v) is 1.91. The van der Waals surface area contributed by atoms with E-state index in [1.165, 1.54) is 25.3 Å². The molecule has 1 aliphatic rings. The molecule has 0 atom stereocenters. The van der Waals surface area contributed by atoms with Crippen molar-refractivity contribution in [3.63, 3.8) is 0 Å². The minimum absolute atomic E-state index is 0. The summed E-state index contributed by atoms with van der Waals surface area (Å²) in [6, 6.07) is 5.15. The van der Waals surface area contributed by atoms with Gasteiger partial charge < -0.3 is 11.1 Å². The first-order chi connectivity index (χ1) is 8.65. The second-order valence-electron chi connectivity index (χ2n) is 4.96. The van der Waals surface area contributed by atoms with E-state index >= 15 is 0 Å². The predicted octanol–water partition coefficient (Wildman–Crippen LogP) is 2.96. The molecule has 5 heteroatoms. The maximum atomic E-state index is 13.3. The lowest BCUT2D eigenvalue weighted by Gasteiger charge is -2.25. The highest BCUT2D eigenvalue weighted by Crippen LogP contribution is 2.24. The summed E-state index contributed by atoms with van der Waals surface area (Å²) >= 11 is 0. The maximum Gasteiger partial charge on any atom is 0.188 e. The van der Waals surface area contributed by atoms with E-state index in [1.54, 1.807) is 13.0 Å². The Hall–Kier alpha value is -0.850. The average Bonchev–Trinajstić information content (AvgIpc) is 2.29. The Bertz CT molecular complexity index is 444. The van der Waals surface area contributed by atoms with E-state index in [0.717, 1.165) is 18.0 Å². The van der Waals surface area contributed by atoms with Crippen LogP contribution in [-0.2, 0) is 6.54 Å². The third kappa shape index (κ3) is 4.97. The number of nitrogens with one attached hydrogen (secondary N) is 1. The molecule has 1 fully saturated rings. The number of halogens is 2. The van der Waals surface area contributed by atoms with Crippen LogP contribution in [-0.4, -0.2) is 12.5 Å². The summed E-state index contributed by atoms with van der Waals surface area (Å²) in [4.78, 5) is 4.21. The van der Waals surface area contributed by atoms with Crippen LogP contribution in [0.4, 0.5) is 4.39 Å². The highest BCUT2D eigenvalue weighted by atomic mass is 127. The first-order valence-corrected chi connectivity index (χ1v) is 6.44. The van der Waals surface area contributed by atoms with Gasteiger partial charge in [0.2, 0.25) is 0 Å². The average molecular weight is 377 g/mol. The van der Waals surface area contributed by atoms with E-state index in [4.69, 9.17) is 5.73 Å². The van der Waals surface area contributed by atoms with Gasteiger partial charge in [0, 0.05) is 6.54 Å². The van der Waals surface area contributed by atoms with Crippen molar-refractivity contribution in [2.45, 2.75) is 32.7 Å². The van der Waals surface area contributed by atoms with E-state index in [1.807, 2.05) is 6.07 Å². The summed E-state index contributed by atoms with van der Waals surface area (Å²) in [5.74, 6) is 1.00. The van der Waals surface area contributed by atoms with Crippen molar-refractivity contribution >= 4 is 29.9 Å². The molecule has 2 rings (SSSR count). The Labute approximate surface area is 130 Å². The van der Waals surface area contributed by atoms with Gasteiger partial charge in [-0.15, -0.1) is 24.0 Å². The van der Waals surface area contributed by atoms with Crippen molar-refractivity contribution in [1.29, 1.82) is 0 Å². The van der Waals surface area contributed by atoms with Crippen molar-refractivity contribution in [2.75, 3.05) is 6.54 Å². The highest BCUT2D eigenvalue weighted by Gasteiger charge is 2.16. The number of aryl methyl sites for hydroxylation is 1. The smallest absolute Gasteiger partial charge is 0.188 e. The van der Waals surface area contributed by atoms with Crippen molar-refractivity contribution in [1.82, 2.24) is 5.32 Å². The van der Waals surface area contributed by atoms with Crippen LogP contribution in [0.15, 0.2) is 23.2 Å². The van der Waals surface area contributed by atoms with Crippen molar-refractivity contribution in [2.24, 2.45) is 16.6 Å². The van der Waals surface area contributed by atoms with Gasteiger partial charge in [0.05, 0.1) is 6.54 Å². The molecule has 19 heavy (non-hydrogen) atoms. The van der Waals surface area contributed by atoms with Gasteiger partial charge in [-0.05, 0) is 42.9 Å². The summed E-state index contributed by atoms with van der Waals surface area (Å²) in [5.41, 5.74) is 7.25. The van der Waals surface area contributed by atoms with Crippen molar-refractivity contribution < 1.29 is 4.39 Å². The Morgan fingerprint density at radius 3 is 2.79 bits per heavy atom. The SMILES string of the molecule is Cc1ccc(CN=C(N)NCC2CCC2)cc1F.I. The second-order valence-corrected chi connectivity index (χ2v) is 4.96. The van der Waals surface area contributed by atoms with Gasteiger partial charge in [0.15, 0.2) is 5.96 Å². The molecule has 0 heterocycles. The summed E-state index contributed by atoms with van der Waals surface area (Å²) < 4.78 is 13.3. The van der Waals surface area contributed by atoms with Crippen LogP contribution < -0.4 is 11.1 Å². The van der Waals surface area contributed by atoms with E-state index in [2.05, 4.69) is 10.3 Å². The molecule has 0 radical (unpaired) electrons. The zero-order chi connectivity index (χ0) is 13.0. The highest BCUT2D eigenvalue weighted by molar-refractivity contribution is 14.0. The van der Waals surface area contributed by atoms with E-state index < -0.39 is 0 Å². The number of guanidine groups is 1. The lowest BCUT2D eigenvalue weighted by molar-refractivity contribution is 0.315. The van der Waals surface area contributed by atoms with Crippen LogP contribution in [0.3, 0.4) is 0 Å². The van der Waals surface area contributed by atoms with Crippen molar-refractivity contribution in [3.05, 3.63) is 35.1 Å². The Morgan fingerprint density at radius 1 is 1.47 bits per heavy atom. The Kier molecular flexibility index (Phi) is 6.54. The number of nitrogens with two attached hydrogens (primary N) is 1. The molecule has 0 aromatic heterocycles. The third-order valence-corrected chi connectivity index (χ3v) is 3.46. The van der Waals surface area contributed by atoms with Crippen LogP contribution in [0, 0.1) is 18.7 Å². The fraction of sp³-hybridized carbons (Fsp3) is 0.500. The number of nitrogens with zero attached hydrogens (tertiary/aromatic N) is 1. The molecule has 0 aliphatic heterocycles. The van der Waals surface area contributed by atoms with Crippen LogP contribution in [0.5, 0.6) is 0 Å². The molecule has 3 N–H and O–H groups in total. The van der Waals surface area contributed by atoms with Crippen LogP contribution >= 0.6 is 24.0 Å². The molecular formula is C14H21FIN3. The molecule has 106 valence electrons. The standard InChI is InChI=1S/C14H20FN3.HI/c1-10-5-6-12(7-13(10)15)9-18-14(16)17-8-11-3-2-4-11;/h5-7,11H,2-4,8-9H2,1H3,(H3,16,17,18);1H. The number of hydrogen-bond acceptors (Lipinski definition) is 1. The molecule has 0 unspecified atom stereocenters. The normalized spacial score (nSPS) is 15.6. The van der Waals surface area contributed by atoms with E-state index in [0.29, 0.717) is 18.1 Å². The molecule has 0 saturated heterocycles. The number of aliphatic imine (C=N–C) groups is 1. The number of hydrogen-bond donors (Lipinski definition) is 2. The summed E-state index contributed by atoms with van der Waals surface area (Å²) in [7, 11) is 0. The Morgan fingerprint density at radius 2 is 2.21 bits per heavy atom. The van der Waals surface area contributed by atoms with Gasteiger partial charge >= 0.3 is 0 Å². The lowest BCUT2D eigenvalue weighted by atomic mass is 9.85.